The maximum absolute atomic E-state index is 9.22. The van der Waals surface area contributed by atoms with E-state index in [1.165, 1.54) is 12.0 Å². The molecule has 0 aliphatic carbocycles. The maximum atomic E-state index is 9.22. The standard InChI is InChI=1S/C20H36N4OS/c1-4-6-17(8-11-25)14-23-20(21-5-2)22-13-16(3)24-10-7-19-18(15-24)9-12-26-19/h9,12,16-17,25H,4-8,10-11,13-15H2,1-3H3,(H2,21,22,23). The van der Waals surface area contributed by atoms with Crippen molar-refractivity contribution in [2.45, 2.75) is 59.0 Å². The Labute approximate surface area is 162 Å². The summed E-state index contributed by atoms with van der Waals surface area (Å²) in [6, 6.07) is 2.74. The fourth-order valence-electron chi connectivity index (χ4n) is 3.50. The van der Waals surface area contributed by atoms with Crippen molar-refractivity contribution in [1.29, 1.82) is 0 Å². The summed E-state index contributed by atoms with van der Waals surface area (Å²) in [4.78, 5) is 8.87. The third-order valence-corrected chi connectivity index (χ3v) is 6.13. The minimum absolute atomic E-state index is 0.251. The molecule has 5 nitrogen and oxygen atoms in total. The van der Waals surface area contributed by atoms with Gasteiger partial charge in [-0.25, -0.2) is 0 Å². The van der Waals surface area contributed by atoms with E-state index < -0.39 is 0 Å². The van der Waals surface area contributed by atoms with Crippen LogP contribution in [0.4, 0.5) is 0 Å². The second kappa shape index (κ2) is 11.6. The molecule has 6 heteroatoms. The summed E-state index contributed by atoms with van der Waals surface area (Å²) in [6.07, 6.45) is 4.27. The lowest BCUT2D eigenvalue weighted by molar-refractivity contribution is 0.192. The molecule has 0 aromatic carbocycles. The van der Waals surface area contributed by atoms with Crippen LogP contribution in [0.15, 0.2) is 16.4 Å². The molecule has 0 fully saturated rings. The van der Waals surface area contributed by atoms with Gasteiger partial charge in [0.1, 0.15) is 0 Å². The van der Waals surface area contributed by atoms with Gasteiger partial charge >= 0.3 is 0 Å². The van der Waals surface area contributed by atoms with Crippen LogP contribution in [0.25, 0.3) is 0 Å². The molecule has 0 radical (unpaired) electrons. The fourth-order valence-corrected chi connectivity index (χ4v) is 4.39. The summed E-state index contributed by atoms with van der Waals surface area (Å²) in [5.74, 6) is 1.36. The van der Waals surface area contributed by atoms with Gasteiger partial charge in [0.25, 0.3) is 0 Å². The molecule has 1 aromatic rings. The van der Waals surface area contributed by atoms with Crippen molar-refractivity contribution in [2.24, 2.45) is 10.9 Å². The van der Waals surface area contributed by atoms with Crippen LogP contribution >= 0.6 is 11.3 Å². The number of nitrogens with one attached hydrogen (secondary N) is 2. The smallest absolute Gasteiger partial charge is 0.191 e. The Balaban J connectivity index is 1.84. The first-order valence-corrected chi connectivity index (χ1v) is 11.0. The monoisotopic (exact) mass is 380 g/mol. The normalized spacial score (nSPS) is 17.6. The zero-order valence-corrected chi connectivity index (χ0v) is 17.4. The van der Waals surface area contributed by atoms with Crippen molar-refractivity contribution >= 4 is 17.3 Å². The quantitative estimate of drug-likeness (QED) is 0.431. The van der Waals surface area contributed by atoms with Gasteiger partial charge in [-0.15, -0.1) is 11.3 Å². The van der Waals surface area contributed by atoms with Crippen molar-refractivity contribution in [2.75, 3.05) is 32.8 Å². The molecule has 0 saturated carbocycles. The van der Waals surface area contributed by atoms with Crippen LogP contribution in [0.1, 0.15) is 50.5 Å². The number of aliphatic imine (C=N–C) groups is 1. The zero-order valence-electron chi connectivity index (χ0n) is 16.6. The van der Waals surface area contributed by atoms with E-state index in [4.69, 9.17) is 4.99 Å². The predicted molar refractivity (Wildman–Crippen MR) is 112 cm³/mol. The fraction of sp³-hybridized carbons (Fsp3) is 0.750. The number of rotatable bonds is 10. The van der Waals surface area contributed by atoms with E-state index in [0.29, 0.717) is 12.0 Å². The number of hydrogen-bond donors (Lipinski definition) is 3. The minimum Gasteiger partial charge on any atom is -0.396 e. The Hall–Kier alpha value is -1.11. The van der Waals surface area contributed by atoms with Gasteiger partial charge in [0.15, 0.2) is 5.96 Å². The number of aliphatic hydroxyl groups excluding tert-OH is 1. The van der Waals surface area contributed by atoms with E-state index in [9.17, 15) is 5.11 Å². The highest BCUT2D eigenvalue weighted by atomic mass is 32.1. The van der Waals surface area contributed by atoms with Crippen LogP contribution in [0, 0.1) is 5.92 Å². The van der Waals surface area contributed by atoms with Gasteiger partial charge < -0.3 is 15.7 Å². The van der Waals surface area contributed by atoms with E-state index in [0.717, 1.165) is 57.9 Å². The van der Waals surface area contributed by atoms with Gasteiger partial charge in [0.2, 0.25) is 0 Å². The van der Waals surface area contributed by atoms with Crippen LogP contribution in [-0.4, -0.2) is 54.8 Å². The SMILES string of the molecule is CCCC(CCO)CN=C(NCC)NCC(C)N1CCc2sccc2C1. The van der Waals surface area contributed by atoms with Crippen LogP contribution in [0.3, 0.4) is 0 Å². The average molecular weight is 381 g/mol. The molecule has 26 heavy (non-hydrogen) atoms. The topological polar surface area (TPSA) is 59.9 Å². The van der Waals surface area contributed by atoms with Crippen molar-refractivity contribution in [3.63, 3.8) is 0 Å². The molecule has 0 spiro atoms. The number of aliphatic hydroxyl groups is 1. The molecular weight excluding hydrogens is 344 g/mol. The first-order valence-electron chi connectivity index (χ1n) is 10.1. The molecule has 0 amide bonds. The Morgan fingerprint density at radius 2 is 2.19 bits per heavy atom. The average Bonchev–Trinajstić information content (AvgIpc) is 3.11. The molecule has 1 aliphatic rings. The summed E-state index contributed by atoms with van der Waals surface area (Å²) < 4.78 is 0. The van der Waals surface area contributed by atoms with Crippen molar-refractivity contribution in [3.05, 3.63) is 21.9 Å². The molecule has 1 aromatic heterocycles. The van der Waals surface area contributed by atoms with Gasteiger partial charge in [0.05, 0.1) is 0 Å². The lowest BCUT2D eigenvalue weighted by atomic mass is 10.0. The molecule has 2 heterocycles. The van der Waals surface area contributed by atoms with Crippen LogP contribution in [-0.2, 0) is 13.0 Å². The van der Waals surface area contributed by atoms with Crippen molar-refractivity contribution in [3.8, 4) is 0 Å². The lowest BCUT2D eigenvalue weighted by Gasteiger charge is -2.32. The first-order chi connectivity index (χ1) is 12.7. The van der Waals surface area contributed by atoms with E-state index in [2.05, 4.69) is 47.8 Å². The molecule has 0 saturated heterocycles. The second-order valence-electron chi connectivity index (χ2n) is 7.21. The summed E-state index contributed by atoms with van der Waals surface area (Å²) in [5, 5.41) is 18.3. The predicted octanol–water partition coefficient (Wildman–Crippen LogP) is 2.85. The highest BCUT2D eigenvalue weighted by Crippen LogP contribution is 2.24. The van der Waals surface area contributed by atoms with Gasteiger partial charge in [-0.05, 0) is 56.0 Å². The maximum Gasteiger partial charge on any atom is 0.191 e. The number of nitrogens with zero attached hydrogens (tertiary/aromatic N) is 2. The van der Waals surface area contributed by atoms with Gasteiger partial charge in [-0.1, -0.05) is 13.3 Å². The van der Waals surface area contributed by atoms with Gasteiger partial charge in [-0.3, -0.25) is 9.89 Å². The minimum atomic E-state index is 0.251. The summed E-state index contributed by atoms with van der Waals surface area (Å²) in [7, 11) is 0. The molecule has 2 unspecified atom stereocenters. The summed E-state index contributed by atoms with van der Waals surface area (Å²) in [6.45, 7) is 11.6. The highest BCUT2D eigenvalue weighted by molar-refractivity contribution is 7.10. The number of thiophene rings is 1. The van der Waals surface area contributed by atoms with E-state index in [-0.39, 0.29) is 6.61 Å². The molecule has 2 rings (SSSR count). The highest BCUT2D eigenvalue weighted by Gasteiger charge is 2.21. The molecule has 1 aliphatic heterocycles. The Morgan fingerprint density at radius 3 is 2.92 bits per heavy atom. The largest absolute Gasteiger partial charge is 0.396 e. The van der Waals surface area contributed by atoms with E-state index in [1.54, 1.807) is 4.88 Å². The molecular formula is C20H36N4OS. The second-order valence-corrected chi connectivity index (χ2v) is 8.21. The van der Waals surface area contributed by atoms with Crippen LogP contribution in [0.5, 0.6) is 0 Å². The molecule has 2 atom stereocenters. The third kappa shape index (κ3) is 6.56. The summed E-state index contributed by atoms with van der Waals surface area (Å²) >= 11 is 1.89. The number of fused-ring (bicyclic) bond motifs is 1. The summed E-state index contributed by atoms with van der Waals surface area (Å²) in [5.41, 5.74) is 1.50. The van der Waals surface area contributed by atoms with E-state index >= 15 is 0 Å². The zero-order chi connectivity index (χ0) is 18.8. The molecule has 0 bridgehead atoms. The van der Waals surface area contributed by atoms with E-state index in [1.807, 2.05) is 11.3 Å². The van der Waals surface area contributed by atoms with Crippen LogP contribution in [0.2, 0.25) is 0 Å². The lowest BCUT2D eigenvalue weighted by Crippen LogP contribution is -2.47. The number of hydrogen-bond acceptors (Lipinski definition) is 4. The van der Waals surface area contributed by atoms with Crippen molar-refractivity contribution < 1.29 is 5.11 Å². The Kier molecular flexibility index (Phi) is 9.43. The van der Waals surface area contributed by atoms with Gasteiger partial charge in [-0.2, -0.15) is 0 Å². The molecule has 148 valence electrons. The Bertz CT molecular complexity index is 540. The first kappa shape index (κ1) is 21.2. The van der Waals surface area contributed by atoms with Crippen molar-refractivity contribution in [1.82, 2.24) is 15.5 Å². The third-order valence-electron chi connectivity index (χ3n) is 5.11. The molecule has 3 N–H and O–H groups in total. The number of guanidine groups is 1. The van der Waals surface area contributed by atoms with Crippen LogP contribution < -0.4 is 10.6 Å². The Morgan fingerprint density at radius 1 is 1.35 bits per heavy atom. The van der Waals surface area contributed by atoms with Gasteiger partial charge in [0, 0.05) is 50.2 Å².